The average molecular weight is 417 g/mol. The van der Waals surface area contributed by atoms with Gasteiger partial charge in [-0.25, -0.2) is 19.9 Å². The minimum atomic E-state index is -4.43. The summed E-state index contributed by atoms with van der Waals surface area (Å²) in [5, 5.41) is 9.78. The monoisotopic (exact) mass is 417 g/mol. The van der Waals surface area contributed by atoms with Crippen molar-refractivity contribution >= 4 is 5.69 Å². The van der Waals surface area contributed by atoms with E-state index in [2.05, 4.69) is 19.9 Å². The van der Waals surface area contributed by atoms with Crippen molar-refractivity contribution in [2.24, 2.45) is 0 Å². The lowest BCUT2D eigenvalue weighted by atomic mass is 10.2. The lowest BCUT2D eigenvalue weighted by Gasteiger charge is -2.21. The molecule has 0 amide bonds. The van der Waals surface area contributed by atoms with Gasteiger partial charge in [0.15, 0.2) is 5.82 Å². The van der Waals surface area contributed by atoms with Gasteiger partial charge in [0.2, 0.25) is 5.88 Å². The number of alkyl halides is 3. The zero-order chi connectivity index (χ0) is 21.1. The molecule has 1 saturated heterocycles. The Morgan fingerprint density at radius 3 is 2.57 bits per heavy atom. The quantitative estimate of drug-likeness (QED) is 0.683. The third kappa shape index (κ3) is 4.33. The molecular weight excluding hydrogens is 399 g/mol. The molecule has 1 aliphatic rings. The number of ether oxygens (including phenoxy) is 1. The van der Waals surface area contributed by atoms with Crippen molar-refractivity contribution < 1.29 is 23.0 Å². The zero-order valence-electron chi connectivity index (χ0n) is 15.8. The molecule has 1 aliphatic heterocycles. The Bertz CT molecular complexity index is 1000. The van der Waals surface area contributed by atoms with Crippen LogP contribution in [0, 0.1) is 0 Å². The van der Waals surface area contributed by atoms with E-state index in [0.29, 0.717) is 36.7 Å². The Morgan fingerprint density at radius 1 is 1.10 bits per heavy atom. The van der Waals surface area contributed by atoms with E-state index in [4.69, 9.17) is 4.74 Å². The topological polar surface area (TPSA) is 84.3 Å². The van der Waals surface area contributed by atoms with E-state index in [-0.39, 0.29) is 18.6 Å². The van der Waals surface area contributed by atoms with Crippen LogP contribution in [0.2, 0.25) is 0 Å². The number of rotatable bonds is 5. The largest absolute Gasteiger partial charge is 0.472 e. The molecular formula is C20H18F3N5O2. The maximum atomic E-state index is 12.6. The molecule has 0 aliphatic carbocycles. The summed E-state index contributed by atoms with van der Waals surface area (Å²) in [7, 11) is 0. The summed E-state index contributed by atoms with van der Waals surface area (Å²) in [6.07, 6.45) is -0.00180. The number of nitrogens with zero attached hydrogens (tertiary/aromatic N) is 5. The highest BCUT2D eigenvalue weighted by Gasteiger charge is 2.31. The van der Waals surface area contributed by atoms with Gasteiger partial charge in [-0.05, 0) is 24.3 Å². The Morgan fingerprint density at radius 2 is 1.90 bits per heavy atom. The highest BCUT2D eigenvalue weighted by Crippen LogP contribution is 2.30. The molecule has 0 unspecified atom stereocenters. The fraction of sp³-hybridized carbons (Fsp3) is 0.300. The maximum Gasteiger partial charge on any atom is 0.417 e. The molecule has 30 heavy (non-hydrogen) atoms. The number of aliphatic hydroxyl groups excluding tert-OH is 1. The van der Waals surface area contributed by atoms with Crippen LogP contribution in [0.5, 0.6) is 5.88 Å². The second kappa shape index (κ2) is 8.23. The molecule has 1 atom stereocenters. The highest BCUT2D eigenvalue weighted by atomic mass is 19.4. The summed E-state index contributed by atoms with van der Waals surface area (Å²) in [6, 6.07) is 7.52. The number of hydrogen-bond donors (Lipinski definition) is 1. The molecule has 0 saturated carbocycles. The van der Waals surface area contributed by atoms with Crippen LogP contribution in [0.15, 0.2) is 48.9 Å². The standard InChI is InChI=1S/C20H18F3N5O2/c21-20(22,23)13-2-5-18(26-10-13)30-14-6-9-28(11-14)17-4-3-15(27-16(17)12-29)19-24-7-1-8-25-19/h1-5,7-8,10,14,29H,6,9,11-12H2/t14-/m0/s1. The van der Waals surface area contributed by atoms with Gasteiger partial charge in [0, 0.05) is 37.6 Å². The molecule has 1 fully saturated rings. The Hall–Kier alpha value is -3.27. The smallest absolute Gasteiger partial charge is 0.417 e. The second-order valence-electron chi connectivity index (χ2n) is 6.75. The number of pyridine rings is 2. The first-order chi connectivity index (χ1) is 14.4. The molecule has 1 N–H and O–H groups in total. The van der Waals surface area contributed by atoms with Gasteiger partial charge >= 0.3 is 6.18 Å². The van der Waals surface area contributed by atoms with E-state index in [1.165, 1.54) is 6.07 Å². The first-order valence-corrected chi connectivity index (χ1v) is 9.27. The van der Waals surface area contributed by atoms with Crippen LogP contribution in [-0.2, 0) is 12.8 Å². The molecule has 156 valence electrons. The zero-order valence-corrected chi connectivity index (χ0v) is 15.8. The number of aliphatic hydroxyl groups is 1. The summed E-state index contributed by atoms with van der Waals surface area (Å²) < 4.78 is 43.7. The first-order valence-electron chi connectivity index (χ1n) is 9.27. The van der Waals surface area contributed by atoms with Gasteiger partial charge in [-0.3, -0.25) is 0 Å². The first kappa shape index (κ1) is 20.0. The predicted molar refractivity (Wildman–Crippen MR) is 102 cm³/mol. The van der Waals surface area contributed by atoms with Gasteiger partial charge in [0.25, 0.3) is 0 Å². The summed E-state index contributed by atoms with van der Waals surface area (Å²) in [5.74, 6) is 0.613. The van der Waals surface area contributed by atoms with Crippen LogP contribution in [-0.4, -0.2) is 44.2 Å². The molecule has 4 heterocycles. The van der Waals surface area contributed by atoms with E-state index in [0.717, 1.165) is 18.0 Å². The maximum absolute atomic E-state index is 12.6. The SMILES string of the molecule is OCc1nc(-c2ncccn2)ccc1N1CC[C@H](Oc2ccc(C(F)(F)F)cn2)C1. The number of aromatic nitrogens is 4. The molecule has 3 aromatic rings. The van der Waals surface area contributed by atoms with Crippen LogP contribution in [0.3, 0.4) is 0 Å². The molecule has 0 spiro atoms. The molecule has 7 nitrogen and oxygen atoms in total. The second-order valence-corrected chi connectivity index (χ2v) is 6.75. The van der Waals surface area contributed by atoms with Gasteiger partial charge in [0.05, 0.1) is 30.1 Å². The summed E-state index contributed by atoms with van der Waals surface area (Å²) in [6.45, 7) is 0.901. The fourth-order valence-electron chi connectivity index (χ4n) is 3.29. The van der Waals surface area contributed by atoms with Crippen molar-refractivity contribution in [2.75, 3.05) is 18.0 Å². The number of hydrogen-bond acceptors (Lipinski definition) is 7. The Balaban J connectivity index is 1.45. The average Bonchev–Trinajstić information content (AvgIpc) is 3.22. The molecule has 0 radical (unpaired) electrons. The van der Waals surface area contributed by atoms with Crippen molar-refractivity contribution in [3.63, 3.8) is 0 Å². The van der Waals surface area contributed by atoms with Crippen molar-refractivity contribution in [1.29, 1.82) is 0 Å². The molecule has 0 aromatic carbocycles. The van der Waals surface area contributed by atoms with E-state index in [9.17, 15) is 18.3 Å². The lowest BCUT2D eigenvalue weighted by Crippen LogP contribution is -2.26. The summed E-state index contributed by atoms with van der Waals surface area (Å²) >= 11 is 0. The van der Waals surface area contributed by atoms with Crippen LogP contribution < -0.4 is 9.64 Å². The Kier molecular flexibility index (Phi) is 5.49. The van der Waals surface area contributed by atoms with Gasteiger partial charge in [0.1, 0.15) is 11.8 Å². The van der Waals surface area contributed by atoms with E-state index >= 15 is 0 Å². The molecule has 10 heteroatoms. The third-order valence-corrected chi connectivity index (χ3v) is 4.73. The third-order valence-electron chi connectivity index (χ3n) is 4.73. The van der Waals surface area contributed by atoms with Crippen LogP contribution >= 0.6 is 0 Å². The molecule has 4 rings (SSSR count). The summed E-state index contributed by atoms with van der Waals surface area (Å²) in [5.41, 5.74) is 1.00. The van der Waals surface area contributed by atoms with Crippen molar-refractivity contribution in [3.8, 4) is 17.4 Å². The van der Waals surface area contributed by atoms with Gasteiger partial charge in [-0.15, -0.1) is 0 Å². The van der Waals surface area contributed by atoms with Crippen molar-refractivity contribution in [3.05, 3.63) is 60.2 Å². The molecule has 0 bridgehead atoms. The van der Waals surface area contributed by atoms with Crippen LogP contribution in [0.4, 0.5) is 18.9 Å². The van der Waals surface area contributed by atoms with E-state index in [1.807, 2.05) is 11.0 Å². The van der Waals surface area contributed by atoms with E-state index < -0.39 is 11.7 Å². The van der Waals surface area contributed by atoms with Crippen LogP contribution in [0.25, 0.3) is 11.5 Å². The van der Waals surface area contributed by atoms with Crippen molar-refractivity contribution in [1.82, 2.24) is 19.9 Å². The predicted octanol–water partition coefficient (Wildman–Crippen LogP) is 3.10. The minimum absolute atomic E-state index is 0.145. The highest BCUT2D eigenvalue weighted by molar-refractivity contribution is 5.59. The summed E-state index contributed by atoms with van der Waals surface area (Å²) in [4.78, 5) is 18.6. The normalized spacial score (nSPS) is 16.7. The lowest BCUT2D eigenvalue weighted by molar-refractivity contribution is -0.137. The fourth-order valence-corrected chi connectivity index (χ4v) is 3.29. The minimum Gasteiger partial charge on any atom is -0.472 e. The number of anilines is 1. The molecule has 3 aromatic heterocycles. The van der Waals surface area contributed by atoms with Crippen LogP contribution in [0.1, 0.15) is 17.7 Å². The van der Waals surface area contributed by atoms with Gasteiger partial charge in [-0.2, -0.15) is 13.2 Å². The Labute approximate surface area is 170 Å². The van der Waals surface area contributed by atoms with E-state index in [1.54, 1.807) is 24.5 Å². The van der Waals surface area contributed by atoms with Crippen molar-refractivity contribution in [2.45, 2.75) is 25.3 Å². The number of halogens is 3. The van der Waals surface area contributed by atoms with Gasteiger partial charge < -0.3 is 14.7 Å². The van der Waals surface area contributed by atoms with Gasteiger partial charge in [-0.1, -0.05) is 0 Å².